The summed E-state index contributed by atoms with van der Waals surface area (Å²) in [5.74, 6) is 0.574. The van der Waals surface area contributed by atoms with Crippen molar-refractivity contribution in [3.8, 4) is 0 Å². The summed E-state index contributed by atoms with van der Waals surface area (Å²) in [6, 6.07) is 5.12. The number of hydrogen-bond donors (Lipinski definition) is 1. The quantitative estimate of drug-likeness (QED) is 0.514. The average Bonchev–Trinajstić information content (AvgIpc) is 2.81. The number of benzene rings is 1. The minimum Gasteiger partial charge on any atom is -0.440 e. The highest BCUT2D eigenvalue weighted by molar-refractivity contribution is 7.98. The van der Waals surface area contributed by atoms with Crippen LogP contribution in [0.5, 0.6) is 0 Å². The number of nitrogens with zero attached hydrogens (tertiary/aromatic N) is 2. The van der Waals surface area contributed by atoms with Gasteiger partial charge < -0.3 is 9.73 Å². The molecule has 0 fully saturated rings. The standard InChI is InChI=1S/C12H13N3O3S/c1-8-6-18-12(14-8)19-7-9-3-4-10(13-2)11(5-9)15(16)17/h3-6,13H,7H2,1-2H3. The molecule has 100 valence electrons. The SMILES string of the molecule is CNc1ccc(CSc2nc(C)co2)cc1[N+](=O)[O-]. The molecule has 0 unspecified atom stereocenters. The van der Waals surface area contributed by atoms with Crippen molar-refractivity contribution in [1.82, 2.24) is 4.98 Å². The van der Waals surface area contributed by atoms with Crippen LogP contribution in [0.25, 0.3) is 0 Å². The van der Waals surface area contributed by atoms with Gasteiger partial charge in [-0.3, -0.25) is 10.1 Å². The van der Waals surface area contributed by atoms with Gasteiger partial charge in [-0.2, -0.15) is 0 Å². The molecule has 0 aliphatic carbocycles. The normalized spacial score (nSPS) is 10.4. The lowest BCUT2D eigenvalue weighted by Gasteiger charge is -2.04. The second-order valence-corrected chi connectivity index (χ2v) is 4.83. The monoisotopic (exact) mass is 279 g/mol. The molecule has 2 aromatic rings. The topological polar surface area (TPSA) is 81.2 Å². The van der Waals surface area contributed by atoms with Gasteiger partial charge >= 0.3 is 0 Å². The highest BCUT2D eigenvalue weighted by atomic mass is 32.2. The molecule has 0 spiro atoms. The van der Waals surface area contributed by atoms with Crippen molar-refractivity contribution in [2.75, 3.05) is 12.4 Å². The lowest BCUT2D eigenvalue weighted by atomic mass is 10.2. The summed E-state index contributed by atoms with van der Waals surface area (Å²) in [4.78, 5) is 14.7. The molecular weight excluding hydrogens is 266 g/mol. The van der Waals surface area contributed by atoms with Gasteiger partial charge in [-0.05, 0) is 18.6 Å². The summed E-state index contributed by atoms with van der Waals surface area (Å²) in [6.07, 6.45) is 1.58. The molecule has 1 aromatic heterocycles. The van der Waals surface area contributed by atoms with Crippen molar-refractivity contribution in [2.45, 2.75) is 17.9 Å². The Kier molecular flexibility index (Phi) is 4.06. The van der Waals surface area contributed by atoms with E-state index in [-0.39, 0.29) is 5.69 Å². The molecule has 7 heteroatoms. The van der Waals surface area contributed by atoms with Crippen LogP contribution < -0.4 is 5.32 Å². The molecule has 1 heterocycles. The number of anilines is 1. The Morgan fingerprint density at radius 1 is 1.53 bits per heavy atom. The van der Waals surface area contributed by atoms with Crippen molar-refractivity contribution in [3.05, 3.63) is 45.8 Å². The highest BCUT2D eigenvalue weighted by Gasteiger charge is 2.13. The van der Waals surface area contributed by atoms with E-state index >= 15 is 0 Å². The fourth-order valence-corrected chi connectivity index (χ4v) is 2.37. The van der Waals surface area contributed by atoms with Crippen LogP contribution in [0.4, 0.5) is 11.4 Å². The summed E-state index contributed by atoms with van der Waals surface area (Å²) in [5, 5.41) is 14.3. The molecule has 0 saturated carbocycles. The van der Waals surface area contributed by atoms with Gasteiger partial charge in [0.15, 0.2) is 0 Å². The van der Waals surface area contributed by atoms with Crippen molar-refractivity contribution in [1.29, 1.82) is 0 Å². The minimum absolute atomic E-state index is 0.0733. The molecule has 1 aromatic carbocycles. The van der Waals surface area contributed by atoms with Gasteiger partial charge in [-0.25, -0.2) is 4.98 Å². The van der Waals surface area contributed by atoms with E-state index in [0.717, 1.165) is 11.3 Å². The largest absolute Gasteiger partial charge is 0.440 e. The number of aryl methyl sites for hydroxylation is 1. The van der Waals surface area contributed by atoms with Gasteiger partial charge in [0, 0.05) is 18.9 Å². The van der Waals surface area contributed by atoms with E-state index in [4.69, 9.17) is 4.42 Å². The third-order valence-corrected chi connectivity index (χ3v) is 3.40. The second kappa shape index (κ2) is 5.75. The maximum atomic E-state index is 10.9. The first-order chi connectivity index (χ1) is 9.10. The van der Waals surface area contributed by atoms with Crippen LogP contribution in [0.2, 0.25) is 0 Å². The van der Waals surface area contributed by atoms with Gasteiger partial charge in [0.1, 0.15) is 12.0 Å². The van der Waals surface area contributed by atoms with Gasteiger partial charge in [0.05, 0.1) is 10.6 Å². The zero-order chi connectivity index (χ0) is 13.8. The highest BCUT2D eigenvalue weighted by Crippen LogP contribution is 2.28. The van der Waals surface area contributed by atoms with E-state index in [1.807, 2.05) is 13.0 Å². The average molecular weight is 279 g/mol. The minimum atomic E-state index is -0.394. The van der Waals surface area contributed by atoms with Gasteiger partial charge in [0.25, 0.3) is 10.9 Å². The molecule has 0 radical (unpaired) electrons. The Morgan fingerprint density at radius 3 is 2.89 bits per heavy atom. The summed E-state index contributed by atoms with van der Waals surface area (Å²) in [7, 11) is 1.66. The van der Waals surface area contributed by atoms with E-state index in [2.05, 4.69) is 10.3 Å². The first-order valence-electron chi connectivity index (χ1n) is 5.60. The fraction of sp³-hybridized carbons (Fsp3) is 0.250. The van der Waals surface area contributed by atoms with Crippen LogP contribution in [-0.2, 0) is 5.75 Å². The van der Waals surface area contributed by atoms with E-state index in [1.54, 1.807) is 25.4 Å². The Balaban J connectivity index is 2.12. The van der Waals surface area contributed by atoms with Gasteiger partial charge in [-0.1, -0.05) is 17.8 Å². The Hall–Kier alpha value is -2.02. The van der Waals surface area contributed by atoms with E-state index in [0.29, 0.717) is 16.7 Å². The lowest BCUT2D eigenvalue weighted by Crippen LogP contribution is -1.97. The predicted octanol–water partition coefficient (Wildman–Crippen LogP) is 3.23. The Bertz CT molecular complexity index is 598. The first-order valence-corrected chi connectivity index (χ1v) is 6.58. The number of thioether (sulfide) groups is 1. The maximum absolute atomic E-state index is 10.9. The molecule has 0 atom stereocenters. The summed E-state index contributed by atoms with van der Waals surface area (Å²) >= 11 is 1.41. The third kappa shape index (κ3) is 3.25. The fourth-order valence-electron chi connectivity index (χ4n) is 1.57. The molecule has 0 aliphatic rings. The van der Waals surface area contributed by atoms with E-state index in [9.17, 15) is 10.1 Å². The van der Waals surface area contributed by atoms with Crippen LogP contribution in [0, 0.1) is 17.0 Å². The number of rotatable bonds is 5. The molecule has 19 heavy (non-hydrogen) atoms. The smallest absolute Gasteiger partial charge is 0.292 e. The van der Waals surface area contributed by atoms with E-state index in [1.165, 1.54) is 11.8 Å². The number of nitro groups is 1. The molecule has 0 aliphatic heterocycles. The molecule has 6 nitrogen and oxygen atoms in total. The van der Waals surface area contributed by atoms with Crippen molar-refractivity contribution in [3.63, 3.8) is 0 Å². The number of oxazole rings is 1. The molecule has 0 bridgehead atoms. The van der Waals surface area contributed by atoms with Crippen molar-refractivity contribution >= 4 is 23.1 Å². The van der Waals surface area contributed by atoms with Crippen LogP contribution in [0.15, 0.2) is 34.1 Å². The molecule has 0 saturated heterocycles. The number of nitro benzene ring substituents is 1. The zero-order valence-electron chi connectivity index (χ0n) is 10.5. The molecule has 1 N–H and O–H groups in total. The van der Waals surface area contributed by atoms with Crippen LogP contribution in [0.3, 0.4) is 0 Å². The van der Waals surface area contributed by atoms with E-state index < -0.39 is 4.92 Å². The molecule has 2 rings (SSSR count). The number of nitrogens with one attached hydrogen (secondary N) is 1. The number of aromatic nitrogens is 1. The molecule has 0 amide bonds. The first kappa shape index (κ1) is 13.4. The second-order valence-electron chi connectivity index (χ2n) is 3.90. The summed E-state index contributed by atoms with van der Waals surface area (Å²) in [5.41, 5.74) is 2.25. The molecular formula is C12H13N3O3S. The zero-order valence-corrected chi connectivity index (χ0v) is 11.4. The van der Waals surface area contributed by atoms with Crippen molar-refractivity contribution < 1.29 is 9.34 Å². The van der Waals surface area contributed by atoms with Crippen LogP contribution in [0.1, 0.15) is 11.3 Å². The maximum Gasteiger partial charge on any atom is 0.292 e. The van der Waals surface area contributed by atoms with Crippen LogP contribution in [-0.4, -0.2) is 17.0 Å². The van der Waals surface area contributed by atoms with Gasteiger partial charge in [0.2, 0.25) is 0 Å². The lowest BCUT2D eigenvalue weighted by molar-refractivity contribution is -0.384. The Labute approximate surface area is 114 Å². The van der Waals surface area contributed by atoms with Crippen LogP contribution >= 0.6 is 11.8 Å². The third-order valence-electron chi connectivity index (χ3n) is 2.49. The van der Waals surface area contributed by atoms with Crippen molar-refractivity contribution in [2.24, 2.45) is 0 Å². The predicted molar refractivity (Wildman–Crippen MR) is 73.4 cm³/mol. The Morgan fingerprint density at radius 2 is 2.32 bits per heavy atom. The summed E-state index contributed by atoms with van der Waals surface area (Å²) < 4.78 is 5.21. The van der Waals surface area contributed by atoms with Gasteiger partial charge in [-0.15, -0.1) is 0 Å². The number of hydrogen-bond acceptors (Lipinski definition) is 6. The summed E-state index contributed by atoms with van der Waals surface area (Å²) in [6.45, 7) is 1.85.